The van der Waals surface area contributed by atoms with Crippen LogP contribution in [0.25, 0.3) is 10.8 Å². The second-order valence-electron chi connectivity index (χ2n) is 4.16. The van der Waals surface area contributed by atoms with E-state index in [0.29, 0.717) is 17.5 Å². The highest BCUT2D eigenvalue weighted by atomic mass is 32.1. The maximum Gasteiger partial charge on any atom is 0.270 e. The Morgan fingerprint density at radius 1 is 1.25 bits per heavy atom. The average molecular weight is 288 g/mol. The zero-order valence-electron chi connectivity index (χ0n) is 11.0. The topological polar surface area (TPSA) is 73.9 Å². The number of nitrogens with zero attached hydrogens (tertiary/aromatic N) is 4. The SMILES string of the molecule is Cc1ncccc1OCc1noc(-c2scnc2C)n1. The Balaban J connectivity index is 1.72. The summed E-state index contributed by atoms with van der Waals surface area (Å²) in [7, 11) is 0. The Morgan fingerprint density at radius 3 is 2.90 bits per heavy atom. The van der Waals surface area contributed by atoms with Gasteiger partial charge in [0.15, 0.2) is 6.61 Å². The molecule has 0 saturated carbocycles. The van der Waals surface area contributed by atoms with Crippen LogP contribution in [0.4, 0.5) is 0 Å². The van der Waals surface area contributed by atoms with E-state index in [-0.39, 0.29) is 6.61 Å². The van der Waals surface area contributed by atoms with Crippen LogP contribution in [0.5, 0.6) is 5.75 Å². The molecule has 0 fully saturated rings. The second kappa shape index (κ2) is 5.38. The zero-order valence-corrected chi connectivity index (χ0v) is 11.8. The van der Waals surface area contributed by atoms with Crippen molar-refractivity contribution in [1.29, 1.82) is 0 Å². The molecule has 3 heterocycles. The quantitative estimate of drug-likeness (QED) is 0.735. The molecule has 0 amide bonds. The third-order valence-electron chi connectivity index (χ3n) is 2.72. The van der Waals surface area contributed by atoms with Crippen molar-refractivity contribution >= 4 is 11.3 Å². The van der Waals surface area contributed by atoms with E-state index >= 15 is 0 Å². The van der Waals surface area contributed by atoms with Crippen molar-refractivity contribution in [3.8, 4) is 16.5 Å². The first-order valence-electron chi connectivity index (χ1n) is 6.01. The Bertz CT molecular complexity index is 722. The van der Waals surface area contributed by atoms with E-state index in [1.165, 1.54) is 11.3 Å². The van der Waals surface area contributed by atoms with Crippen LogP contribution in [-0.2, 0) is 6.61 Å². The molecule has 20 heavy (non-hydrogen) atoms. The van der Waals surface area contributed by atoms with Crippen molar-refractivity contribution in [2.24, 2.45) is 0 Å². The maximum absolute atomic E-state index is 5.62. The van der Waals surface area contributed by atoms with E-state index < -0.39 is 0 Å². The summed E-state index contributed by atoms with van der Waals surface area (Å²) < 4.78 is 10.8. The van der Waals surface area contributed by atoms with E-state index in [1.807, 2.05) is 26.0 Å². The van der Waals surface area contributed by atoms with Crippen LogP contribution in [0, 0.1) is 13.8 Å². The Morgan fingerprint density at radius 2 is 2.15 bits per heavy atom. The summed E-state index contributed by atoms with van der Waals surface area (Å²) in [6, 6.07) is 3.68. The van der Waals surface area contributed by atoms with Gasteiger partial charge in [-0.05, 0) is 26.0 Å². The number of hydrogen-bond donors (Lipinski definition) is 0. The largest absolute Gasteiger partial charge is 0.484 e. The predicted octanol–water partition coefficient (Wildman–Crippen LogP) is 2.78. The highest BCUT2D eigenvalue weighted by Crippen LogP contribution is 2.25. The minimum absolute atomic E-state index is 0.244. The molecule has 6 nitrogen and oxygen atoms in total. The number of rotatable bonds is 4. The first-order valence-corrected chi connectivity index (χ1v) is 6.89. The molecule has 0 bridgehead atoms. The van der Waals surface area contributed by atoms with Crippen LogP contribution in [0.1, 0.15) is 17.2 Å². The van der Waals surface area contributed by atoms with Gasteiger partial charge in [0.2, 0.25) is 5.82 Å². The molecule has 0 aliphatic heterocycles. The number of pyridine rings is 1. The van der Waals surface area contributed by atoms with Crippen LogP contribution < -0.4 is 4.74 Å². The first-order chi connectivity index (χ1) is 9.74. The van der Waals surface area contributed by atoms with Crippen LogP contribution in [0.3, 0.4) is 0 Å². The van der Waals surface area contributed by atoms with Gasteiger partial charge in [0, 0.05) is 6.20 Å². The van der Waals surface area contributed by atoms with E-state index in [2.05, 4.69) is 20.1 Å². The van der Waals surface area contributed by atoms with Crippen molar-refractivity contribution in [2.45, 2.75) is 20.5 Å². The van der Waals surface area contributed by atoms with Crippen molar-refractivity contribution in [3.63, 3.8) is 0 Å². The lowest BCUT2D eigenvalue weighted by Crippen LogP contribution is -1.99. The summed E-state index contributed by atoms with van der Waals surface area (Å²) in [5.74, 6) is 1.69. The number of aromatic nitrogens is 4. The maximum atomic E-state index is 5.62. The molecule has 3 aromatic heterocycles. The first kappa shape index (κ1) is 12.7. The monoisotopic (exact) mass is 288 g/mol. The van der Waals surface area contributed by atoms with Gasteiger partial charge in [0.1, 0.15) is 10.6 Å². The van der Waals surface area contributed by atoms with Crippen LogP contribution >= 0.6 is 11.3 Å². The van der Waals surface area contributed by atoms with Gasteiger partial charge < -0.3 is 9.26 Å². The van der Waals surface area contributed by atoms with Gasteiger partial charge in [-0.15, -0.1) is 11.3 Å². The highest BCUT2D eigenvalue weighted by Gasteiger charge is 2.14. The molecule has 0 radical (unpaired) electrons. The molecule has 0 aromatic carbocycles. The Kier molecular flexibility index (Phi) is 3.42. The van der Waals surface area contributed by atoms with Gasteiger partial charge in [-0.3, -0.25) is 4.98 Å². The molecule has 0 N–H and O–H groups in total. The van der Waals surface area contributed by atoms with Crippen LogP contribution in [-0.4, -0.2) is 20.1 Å². The third-order valence-corrected chi connectivity index (χ3v) is 3.64. The zero-order chi connectivity index (χ0) is 13.9. The van der Waals surface area contributed by atoms with Gasteiger partial charge in [0.25, 0.3) is 5.89 Å². The van der Waals surface area contributed by atoms with E-state index in [1.54, 1.807) is 11.7 Å². The summed E-state index contributed by atoms with van der Waals surface area (Å²) in [4.78, 5) is 13.5. The van der Waals surface area contributed by atoms with Crippen molar-refractivity contribution in [2.75, 3.05) is 0 Å². The molecule has 3 rings (SSSR count). The van der Waals surface area contributed by atoms with Crippen molar-refractivity contribution < 1.29 is 9.26 Å². The summed E-state index contributed by atoms with van der Waals surface area (Å²) in [6.07, 6.45) is 1.72. The molecular weight excluding hydrogens is 276 g/mol. The minimum atomic E-state index is 0.244. The lowest BCUT2D eigenvalue weighted by atomic mass is 10.3. The lowest BCUT2D eigenvalue weighted by molar-refractivity contribution is 0.284. The standard InChI is InChI=1S/C13H12N4O2S/c1-8-10(4-3-5-14-8)18-6-11-16-13(19-17-11)12-9(2)15-7-20-12/h3-5,7H,6H2,1-2H3. The predicted molar refractivity (Wildman–Crippen MR) is 73.4 cm³/mol. The molecule has 0 unspecified atom stereocenters. The molecule has 0 spiro atoms. The molecule has 102 valence electrons. The van der Waals surface area contributed by atoms with Crippen LogP contribution in [0.15, 0.2) is 28.4 Å². The fraction of sp³-hybridized carbons (Fsp3) is 0.231. The second-order valence-corrected chi connectivity index (χ2v) is 5.01. The number of hydrogen-bond acceptors (Lipinski definition) is 7. The van der Waals surface area contributed by atoms with Crippen LogP contribution in [0.2, 0.25) is 0 Å². The molecule has 0 aliphatic rings. The molecule has 7 heteroatoms. The molecular formula is C13H12N4O2S. The van der Waals surface area contributed by atoms with E-state index in [9.17, 15) is 0 Å². The van der Waals surface area contributed by atoms with Gasteiger partial charge in [0.05, 0.1) is 16.9 Å². The van der Waals surface area contributed by atoms with Crippen molar-refractivity contribution in [3.05, 3.63) is 41.1 Å². The number of ether oxygens (including phenoxy) is 1. The smallest absolute Gasteiger partial charge is 0.270 e. The summed E-state index contributed by atoms with van der Waals surface area (Å²) in [5.41, 5.74) is 3.47. The molecule has 0 aliphatic carbocycles. The number of thiazole rings is 1. The van der Waals surface area contributed by atoms with Gasteiger partial charge >= 0.3 is 0 Å². The van der Waals surface area contributed by atoms with Gasteiger partial charge in [-0.2, -0.15) is 4.98 Å². The fourth-order valence-corrected chi connectivity index (χ4v) is 2.40. The third kappa shape index (κ3) is 2.53. The summed E-state index contributed by atoms with van der Waals surface area (Å²) >= 11 is 1.47. The lowest BCUT2D eigenvalue weighted by Gasteiger charge is -2.04. The van der Waals surface area contributed by atoms with Gasteiger partial charge in [-0.1, -0.05) is 5.16 Å². The average Bonchev–Trinajstić information content (AvgIpc) is 3.06. The van der Waals surface area contributed by atoms with Gasteiger partial charge in [-0.25, -0.2) is 4.98 Å². The normalized spacial score (nSPS) is 10.7. The summed E-state index contributed by atoms with van der Waals surface area (Å²) in [6.45, 7) is 4.04. The Hall–Kier alpha value is -2.28. The molecule has 0 saturated heterocycles. The minimum Gasteiger partial charge on any atom is -0.484 e. The fourth-order valence-electron chi connectivity index (χ4n) is 1.68. The molecule has 3 aromatic rings. The summed E-state index contributed by atoms with van der Waals surface area (Å²) in [5, 5.41) is 3.91. The van der Waals surface area contributed by atoms with E-state index in [4.69, 9.17) is 9.26 Å². The van der Waals surface area contributed by atoms with Crippen molar-refractivity contribution in [1.82, 2.24) is 20.1 Å². The Labute approximate surface area is 119 Å². The number of aryl methyl sites for hydroxylation is 2. The molecule has 0 atom stereocenters. The van der Waals surface area contributed by atoms with E-state index in [0.717, 1.165) is 16.3 Å². The highest BCUT2D eigenvalue weighted by molar-refractivity contribution is 7.13.